The number of aliphatic carboxylic acids is 2. The average molecular weight is 566 g/mol. The Kier molecular flexibility index (Phi) is 11.2. The lowest BCUT2D eigenvalue weighted by Crippen LogP contribution is -2.41. The fourth-order valence-electron chi connectivity index (χ4n) is 3.72. The minimum atomic E-state index is -5.08. The van der Waals surface area contributed by atoms with Crippen LogP contribution in [-0.4, -0.2) is 80.6 Å². The van der Waals surface area contributed by atoms with E-state index in [1.807, 2.05) is 18.3 Å². The van der Waals surface area contributed by atoms with Crippen LogP contribution in [0.2, 0.25) is 0 Å². The predicted octanol–water partition coefficient (Wildman–Crippen LogP) is 3.36. The van der Waals surface area contributed by atoms with E-state index in [0.717, 1.165) is 32.5 Å². The van der Waals surface area contributed by atoms with E-state index in [9.17, 15) is 31.1 Å². The van der Waals surface area contributed by atoms with Gasteiger partial charge in [-0.15, -0.1) is 0 Å². The number of nitrogens with one attached hydrogen (secondary N) is 1. The number of alkyl halides is 6. The summed E-state index contributed by atoms with van der Waals surface area (Å²) in [6, 6.07) is 7.70. The maximum Gasteiger partial charge on any atom is 0.490 e. The van der Waals surface area contributed by atoms with Gasteiger partial charge in [-0.2, -0.15) is 26.3 Å². The van der Waals surface area contributed by atoms with E-state index in [2.05, 4.69) is 26.3 Å². The lowest BCUT2D eigenvalue weighted by atomic mass is 9.91. The second-order valence-corrected chi connectivity index (χ2v) is 8.38. The highest BCUT2D eigenvalue weighted by atomic mass is 19.4. The molecule has 0 aromatic carbocycles. The number of pyridine rings is 2. The molecule has 2 aliphatic heterocycles. The van der Waals surface area contributed by atoms with Gasteiger partial charge in [0.1, 0.15) is 6.10 Å². The fraction of sp³-hybridized carbons (Fsp3) is 0.435. The summed E-state index contributed by atoms with van der Waals surface area (Å²) in [7, 11) is 0. The molecule has 3 atom stereocenters. The Bertz CT molecular complexity index is 1060. The molecule has 0 bridgehead atoms. The van der Waals surface area contributed by atoms with Gasteiger partial charge in [0.05, 0.1) is 18.0 Å². The van der Waals surface area contributed by atoms with Crippen LogP contribution in [0.3, 0.4) is 0 Å². The van der Waals surface area contributed by atoms with Gasteiger partial charge in [-0.1, -0.05) is 6.07 Å². The van der Waals surface area contributed by atoms with Gasteiger partial charge in [0.2, 0.25) is 0 Å². The zero-order valence-electron chi connectivity index (χ0n) is 20.0. The molecule has 2 aromatic rings. The molecule has 2 aromatic heterocycles. The topological polar surface area (TPSA) is 142 Å². The number of hydrogen-bond acceptors (Lipinski definition) is 7. The van der Waals surface area contributed by atoms with E-state index in [0.29, 0.717) is 11.6 Å². The average Bonchev–Trinajstić information content (AvgIpc) is 3.29. The third-order valence-corrected chi connectivity index (χ3v) is 5.47. The molecule has 16 heteroatoms. The predicted molar refractivity (Wildman–Crippen MR) is 121 cm³/mol. The summed E-state index contributed by atoms with van der Waals surface area (Å²) >= 11 is 0. The Hall–Kier alpha value is -3.79. The molecule has 0 saturated carbocycles. The number of halogens is 6. The van der Waals surface area contributed by atoms with Crippen molar-refractivity contribution in [1.82, 2.24) is 14.9 Å². The molecule has 4 heterocycles. The molecule has 0 radical (unpaired) electrons. The number of hydrogen-bond donors (Lipinski definition) is 3. The van der Waals surface area contributed by atoms with Crippen LogP contribution in [0.4, 0.5) is 32.0 Å². The van der Waals surface area contributed by atoms with Gasteiger partial charge in [-0.3, -0.25) is 19.7 Å². The number of fused-ring (bicyclic) bond motifs is 1. The molecule has 0 spiro atoms. The Labute approximate surface area is 217 Å². The molecule has 4 rings (SSSR count). The second-order valence-electron chi connectivity index (χ2n) is 8.38. The van der Waals surface area contributed by atoms with Crippen LogP contribution < -0.4 is 5.32 Å². The smallest absolute Gasteiger partial charge is 0.475 e. The molecule has 0 aliphatic carbocycles. The molecular weight excluding hydrogens is 542 g/mol. The molecule has 39 heavy (non-hydrogen) atoms. The van der Waals surface area contributed by atoms with Crippen molar-refractivity contribution in [2.45, 2.75) is 43.9 Å². The van der Waals surface area contributed by atoms with Gasteiger partial charge in [-0.05, 0) is 49.1 Å². The van der Waals surface area contributed by atoms with Gasteiger partial charge < -0.3 is 20.3 Å². The molecule has 0 unspecified atom stereocenters. The summed E-state index contributed by atoms with van der Waals surface area (Å²) in [6.07, 6.45) is -1.49. The lowest BCUT2D eigenvalue weighted by molar-refractivity contribution is -0.193. The third kappa shape index (κ3) is 10.8. The van der Waals surface area contributed by atoms with E-state index in [-0.39, 0.29) is 18.1 Å². The first-order valence-corrected chi connectivity index (χ1v) is 11.2. The molecule has 1 amide bonds. The SMILES string of the molecule is O=C(Nc1cccnc1)[C@@H]1C[C@@H]2CCN(Cc3cccnc3)C[C@@H]2O1.O=C(O)C(F)(F)F.O=C(O)C(F)(F)F. The van der Waals surface area contributed by atoms with Crippen molar-refractivity contribution < 1.29 is 55.7 Å². The van der Waals surface area contributed by atoms with Gasteiger partial charge in [-0.25, -0.2) is 9.59 Å². The third-order valence-electron chi connectivity index (χ3n) is 5.47. The van der Waals surface area contributed by atoms with Crippen LogP contribution in [0.25, 0.3) is 0 Å². The Morgan fingerprint density at radius 1 is 0.974 bits per heavy atom. The number of nitrogens with zero attached hydrogens (tertiary/aromatic N) is 3. The van der Waals surface area contributed by atoms with E-state index >= 15 is 0 Å². The van der Waals surface area contributed by atoms with Crippen molar-refractivity contribution in [3.05, 3.63) is 54.6 Å². The first-order valence-electron chi connectivity index (χ1n) is 11.2. The van der Waals surface area contributed by atoms with E-state index in [1.165, 1.54) is 5.56 Å². The second kappa shape index (κ2) is 13.8. The van der Waals surface area contributed by atoms with Crippen molar-refractivity contribution in [3.63, 3.8) is 0 Å². The molecule has 2 aliphatic rings. The zero-order valence-corrected chi connectivity index (χ0v) is 20.0. The Balaban J connectivity index is 0.000000317. The number of ether oxygens (including phenoxy) is 1. The van der Waals surface area contributed by atoms with Gasteiger partial charge in [0, 0.05) is 31.7 Å². The monoisotopic (exact) mass is 566 g/mol. The molecule has 2 fully saturated rings. The molecular formula is C23H24F6N4O6. The standard InChI is InChI=1S/C19H22N4O2.2C2HF3O2/c24-19(22-16-4-2-7-21-11-16)17-9-15-5-8-23(13-18(15)25-17)12-14-3-1-6-20-10-14;2*3-2(4,5)1(6)7/h1-4,6-7,10-11,15,17-18H,5,8-9,12-13H2,(H,22,24);2*(H,6,7)/t15-,17-,18-;;/m0../s1. The van der Waals surface area contributed by atoms with Gasteiger partial charge in [0.15, 0.2) is 0 Å². The summed E-state index contributed by atoms with van der Waals surface area (Å²) in [5, 5.41) is 17.1. The van der Waals surface area contributed by atoms with Crippen molar-refractivity contribution in [1.29, 1.82) is 0 Å². The maximum absolute atomic E-state index is 12.4. The minimum Gasteiger partial charge on any atom is -0.475 e. The lowest BCUT2D eigenvalue weighted by Gasteiger charge is -2.33. The summed E-state index contributed by atoms with van der Waals surface area (Å²) in [4.78, 5) is 40.8. The summed E-state index contributed by atoms with van der Waals surface area (Å²) in [6.45, 7) is 2.79. The van der Waals surface area contributed by atoms with Gasteiger partial charge >= 0.3 is 24.3 Å². The first kappa shape index (κ1) is 31.4. The van der Waals surface area contributed by atoms with Crippen LogP contribution in [0.15, 0.2) is 49.1 Å². The number of carboxylic acid groups (broad SMARTS) is 2. The quantitative estimate of drug-likeness (QED) is 0.475. The van der Waals surface area contributed by atoms with Crippen LogP contribution in [-0.2, 0) is 25.7 Å². The Morgan fingerprint density at radius 3 is 2.03 bits per heavy atom. The highest BCUT2D eigenvalue weighted by Crippen LogP contribution is 2.34. The first-order chi connectivity index (χ1) is 18.2. The van der Waals surface area contributed by atoms with E-state index in [4.69, 9.17) is 24.5 Å². The number of carbonyl (C=O) groups is 3. The van der Waals surface area contributed by atoms with Crippen LogP contribution in [0.1, 0.15) is 18.4 Å². The Morgan fingerprint density at radius 2 is 1.54 bits per heavy atom. The number of piperidine rings is 1. The minimum absolute atomic E-state index is 0.0683. The van der Waals surface area contributed by atoms with Crippen LogP contribution in [0, 0.1) is 5.92 Å². The van der Waals surface area contributed by atoms with Crippen LogP contribution >= 0.6 is 0 Å². The van der Waals surface area contributed by atoms with E-state index in [1.54, 1.807) is 24.7 Å². The highest BCUT2D eigenvalue weighted by Gasteiger charge is 2.42. The van der Waals surface area contributed by atoms with Crippen molar-refractivity contribution in [2.24, 2.45) is 5.92 Å². The summed E-state index contributed by atoms with van der Waals surface area (Å²) in [5.41, 5.74) is 1.92. The molecule has 10 nitrogen and oxygen atoms in total. The summed E-state index contributed by atoms with van der Waals surface area (Å²) < 4.78 is 69.5. The number of anilines is 1. The number of amides is 1. The van der Waals surface area contributed by atoms with Crippen molar-refractivity contribution in [3.8, 4) is 0 Å². The number of carbonyl (C=O) groups excluding carboxylic acids is 1. The van der Waals surface area contributed by atoms with Gasteiger partial charge in [0.25, 0.3) is 5.91 Å². The zero-order chi connectivity index (χ0) is 29.2. The van der Waals surface area contributed by atoms with Crippen molar-refractivity contribution >= 4 is 23.5 Å². The number of carboxylic acids is 2. The molecule has 214 valence electrons. The number of aromatic nitrogens is 2. The molecule has 3 N–H and O–H groups in total. The van der Waals surface area contributed by atoms with E-state index < -0.39 is 24.3 Å². The number of likely N-dealkylation sites (tertiary alicyclic amines) is 1. The largest absolute Gasteiger partial charge is 0.490 e. The maximum atomic E-state index is 12.4. The molecule has 2 saturated heterocycles. The van der Waals surface area contributed by atoms with Crippen molar-refractivity contribution in [2.75, 3.05) is 18.4 Å². The fourth-order valence-corrected chi connectivity index (χ4v) is 3.72. The number of rotatable bonds is 4. The normalized spacial score (nSPS) is 20.8. The summed E-state index contributed by atoms with van der Waals surface area (Å²) in [5.74, 6) is -5.11. The highest BCUT2D eigenvalue weighted by molar-refractivity contribution is 5.94. The van der Waals surface area contributed by atoms with Crippen LogP contribution in [0.5, 0.6) is 0 Å².